The van der Waals surface area contributed by atoms with E-state index in [1.807, 2.05) is 19.1 Å². The number of fused-ring (bicyclic) bond motifs is 9. The molecular weight excluding hydrogens is 679 g/mol. The van der Waals surface area contributed by atoms with Gasteiger partial charge in [0.25, 0.3) is 5.91 Å². The van der Waals surface area contributed by atoms with Crippen LogP contribution < -0.4 is 34.0 Å². The van der Waals surface area contributed by atoms with Crippen LogP contribution in [0, 0.1) is 29.6 Å². The van der Waals surface area contributed by atoms with Gasteiger partial charge in [-0.05, 0) is 97.3 Å². The van der Waals surface area contributed by atoms with Gasteiger partial charge >= 0.3 is 4.87 Å². The number of rotatable bonds is 10. The Kier molecular flexibility index (Phi) is 8.34. The SMILES string of the molecule is CCOc1cc([C@@H]2c3sc(=O)[nH]c3S[C@@H]3[C@@H]4C[C@@H]([C@@H]5C(=O)N(c6ccc(OC)cc6)C(=O)[C@@H]45)[C@H]23)ccc1OCC(=O)Nc1ccc(OC)cc1. The van der Waals surface area contributed by atoms with Crippen molar-refractivity contribution in [1.82, 2.24) is 4.98 Å². The molecule has 7 atom stereocenters. The zero-order valence-electron chi connectivity index (χ0n) is 27.5. The molecule has 3 heterocycles. The number of carbonyl (C=O) groups is 3. The van der Waals surface area contributed by atoms with Gasteiger partial charge in [0.15, 0.2) is 18.1 Å². The summed E-state index contributed by atoms with van der Waals surface area (Å²) in [5.74, 6) is 0.594. The van der Waals surface area contributed by atoms with Crippen molar-refractivity contribution >= 4 is 52.2 Å². The van der Waals surface area contributed by atoms with Gasteiger partial charge in [0, 0.05) is 21.7 Å². The summed E-state index contributed by atoms with van der Waals surface area (Å²) in [5, 5.41) is 3.69. The first kappa shape index (κ1) is 32.5. The van der Waals surface area contributed by atoms with Crippen LogP contribution in [-0.4, -0.2) is 55.4 Å². The minimum absolute atomic E-state index is 0.00284. The predicted molar refractivity (Wildman–Crippen MR) is 189 cm³/mol. The number of thioether (sulfide) groups is 1. The number of anilines is 2. The van der Waals surface area contributed by atoms with Gasteiger partial charge in [-0.15, -0.1) is 11.8 Å². The number of aromatic amines is 1. The number of hydrogen-bond donors (Lipinski definition) is 2. The van der Waals surface area contributed by atoms with Crippen molar-refractivity contribution in [2.24, 2.45) is 29.6 Å². The van der Waals surface area contributed by atoms with Crippen LogP contribution in [0.1, 0.15) is 29.7 Å². The highest BCUT2D eigenvalue weighted by molar-refractivity contribution is 8.00. The zero-order chi connectivity index (χ0) is 34.7. The fraction of sp³-hybridized carbons (Fsp3) is 0.351. The van der Waals surface area contributed by atoms with Crippen LogP contribution in [-0.2, 0) is 14.4 Å². The number of thiazole rings is 1. The van der Waals surface area contributed by atoms with Crippen molar-refractivity contribution < 1.29 is 33.3 Å². The van der Waals surface area contributed by atoms with Crippen LogP contribution in [0.15, 0.2) is 76.6 Å². The molecule has 0 unspecified atom stereocenters. The summed E-state index contributed by atoms with van der Waals surface area (Å²) in [7, 11) is 3.16. The topological polar surface area (TPSA) is 136 Å². The Labute approximate surface area is 296 Å². The molecule has 2 aliphatic heterocycles. The Balaban J connectivity index is 1.08. The number of benzene rings is 3. The normalized spacial score (nSPS) is 25.9. The van der Waals surface area contributed by atoms with E-state index in [2.05, 4.69) is 10.3 Å². The molecule has 0 spiro atoms. The van der Waals surface area contributed by atoms with E-state index in [0.717, 1.165) is 21.9 Å². The van der Waals surface area contributed by atoms with Gasteiger partial charge in [-0.1, -0.05) is 17.4 Å². The van der Waals surface area contributed by atoms with Crippen molar-refractivity contribution in [1.29, 1.82) is 0 Å². The largest absolute Gasteiger partial charge is 0.497 e. The lowest BCUT2D eigenvalue weighted by Crippen LogP contribution is -2.42. The second-order valence-corrected chi connectivity index (χ2v) is 15.1. The van der Waals surface area contributed by atoms with Crippen LogP contribution in [0.5, 0.6) is 23.0 Å². The van der Waals surface area contributed by atoms with Gasteiger partial charge in [0.1, 0.15) is 11.5 Å². The molecule has 13 heteroatoms. The highest BCUT2D eigenvalue weighted by atomic mass is 32.2. The second kappa shape index (κ2) is 12.9. The van der Waals surface area contributed by atoms with Gasteiger partial charge in [0.2, 0.25) is 11.8 Å². The van der Waals surface area contributed by atoms with Crippen molar-refractivity contribution in [2.45, 2.75) is 29.5 Å². The van der Waals surface area contributed by atoms with Gasteiger partial charge in [-0.25, -0.2) is 0 Å². The fourth-order valence-electron chi connectivity index (χ4n) is 8.50. The molecule has 11 nitrogen and oxygen atoms in total. The van der Waals surface area contributed by atoms with E-state index in [1.54, 1.807) is 80.6 Å². The summed E-state index contributed by atoms with van der Waals surface area (Å²) in [6.45, 7) is 2.02. The standard InChI is InChI=1S/C37H35N3O8S2/c1-4-47-26-15-18(5-14-25(26)48-17-27(41)38-19-6-10-21(45-2)11-7-19)28-29-23-16-24(32(29)49-34-33(28)50-37(44)39-34)31-30(23)35(42)40(36(31)43)20-8-12-22(46-3)13-9-20/h5-15,23-24,28-32H,4,16-17H2,1-3H3,(H,38,41)(H,39,44)/t23-,24-,28+,29-,30+,31+,32-/m1/s1. The molecule has 4 aromatic rings. The summed E-state index contributed by atoms with van der Waals surface area (Å²) in [4.78, 5) is 58.8. The van der Waals surface area contributed by atoms with Gasteiger partial charge in [-0.2, -0.15) is 0 Å². The average molecular weight is 714 g/mol. The van der Waals surface area contributed by atoms with Crippen LogP contribution in [0.2, 0.25) is 0 Å². The van der Waals surface area contributed by atoms with E-state index in [-0.39, 0.29) is 58.1 Å². The summed E-state index contributed by atoms with van der Waals surface area (Å²) >= 11 is 2.84. The highest BCUT2D eigenvalue weighted by Crippen LogP contribution is 2.68. The molecule has 50 heavy (non-hydrogen) atoms. The van der Waals surface area contributed by atoms with Gasteiger partial charge in [0.05, 0.1) is 43.4 Å². The van der Waals surface area contributed by atoms with Crippen LogP contribution in [0.25, 0.3) is 0 Å². The van der Waals surface area contributed by atoms with E-state index in [1.165, 1.54) is 16.2 Å². The summed E-state index contributed by atoms with van der Waals surface area (Å²) < 4.78 is 22.5. The number of H-pyrrole nitrogens is 1. The van der Waals surface area contributed by atoms with Crippen molar-refractivity contribution in [2.75, 3.05) is 37.7 Å². The Morgan fingerprint density at radius 2 is 1.56 bits per heavy atom. The van der Waals surface area contributed by atoms with Gasteiger partial charge < -0.3 is 29.2 Å². The lowest BCUT2D eigenvalue weighted by molar-refractivity contribution is -0.123. The molecule has 2 N–H and O–H groups in total. The molecule has 3 amide bonds. The Bertz CT molecular complexity index is 2030. The Hall–Kier alpha value is -4.75. The number of nitrogens with zero attached hydrogens (tertiary/aromatic N) is 1. The highest BCUT2D eigenvalue weighted by Gasteiger charge is 2.69. The molecular formula is C37H35N3O8S2. The molecule has 1 saturated heterocycles. The zero-order valence-corrected chi connectivity index (χ0v) is 29.2. The molecule has 258 valence electrons. The Morgan fingerprint density at radius 1 is 0.880 bits per heavy atom. The van der Waals surface area contributed by atoms with E-state index < -0.39 is 11.8 Å². The third-order valence-electron chi connectivity index (χ3n) is 10.4. The lowest BCUT2D eigenvalue weighted by atomic mass is 9.68. The monoisotopic (exact) mass is 713 g/mol. The summed E-state index contributed by atoms with van der Waals surface area (Å²) in [6.07, 6.45) is 0.782. The molecule has 2 aliphatic carbocycles. The third-order valence-corrected chi connectivity index (χ3v) is 13.0. The van der Waals surface area contributed by atoms with Crippen LogP contribution in [0.4, 0.5) is 11.4 Å². The number of nitrogens with one attached hydrogen (secondary N) is 2. The molecule has 8 rings (SSSR count). The minimum atomic E-state index is -0.422. The first-order valence-electron chi connectivity index (χ1n) is 16.5. The first-order valence-corrected chi connectivity index (χ1v) is 18.2. The maximum absolute atomic E-state index is 14.1. The lowest BCUT2D eigenvalue weighted by Gasteiger charge is -2.43. The number of imide groups is 1. The quantitative estimate of drug-likeness (QED) is 0.203. The number of ether oxygens (including phenoxy) is 4. The number of amides is 3. The molecule has 0 radical (unpaired) electrons. The van der Waals surface area contributed by atoms with E-state index in [4.69, 9.17) is 18.9 Å². The predicted octanol–water partition coefficient (Wildman–Crippen LogP) is 5.55. The van der Waals surface area contributed by atoms with Gasteiger partial charge in [-0.3, -0.25) is 24.1 Å². The molecule has 2 saturated carbocycles. The number of hydrogen-bond acceptors (Lipinski definition) is 10. The maximum Gasteiger partial charge on any atom is 0.305 e. The fourth-order valence-corrected chi connectivity index (χ4v) is 11.4. The number of methoxy groups -OCH3 is 2. The average Bonchev–Trinajstić information content (AvgIpc) is 3.87. The van der Waals surface area contributed by atoms with Crippen molar-refractivity contribution in [3.05, 3.63) is 86.8 Å². The second-order valence-electron chi connectivity index (χ2n) is 12.9. The summed E-state index contributed by atoms with van der Waals surface area (Å²) in [6, 6.07) is 19.7. The smallest absolute Gasteiger partial charge is 0.305 e. The molecule has 1 aromatic heterocycles. The summed E-state index contributed by atoms with van der Waals surface area (Å²) in [5.41, 5.74) is 2.11. The molecule has 2 bridgehead atoms. The number of aromatic nitrogens is 1. The Morgan fingerprint density at radius 3 is 2.24 bits per heavy atom. The first-order chi connectivity index (χ1) is 24.3. The van der Waals surface area contributed by atoms with E-state index >= 15 is 0 Å². The van der Waals surface area contributed by atoms with Crippen LogP contribution >= 0.6 is 23.1 Å². The van der Waals surface area contributed by atoms with Crippen LogP contribution in [0.3, 0.4) is 0 Å². The van der Waals surface area contributed by atoms with E-state index in [9.17, 15) is 19.2 Å². The maximum atomic E-state index is 14.1. The third kappa shape index (κ3) is 5.34. The van der Waals surface area contributed by atoms with Crippen molar-refractivity contribution in [3.63, 3.8) is 0 Å². The minimum Gasteiger partial charge on any atom is -0.497 e. The molecule has 3 fully saturated rings. The molecule has 3 aromatic carbocycles. The molecule has 4 aliphatic rings. The number of carbonyl (C=O) groups excluding carboxylic acids is 3. The van der Waals surface area contributed by atoms with E-state index in [0.29, 0.717) is 41.0 Å². The van der Waals surface area contributed by atoms with Crippen molar-refractivity contribution in [3.8, 4) is 23.0 Å².